The van der Waals surface area contributed by atoms with Crippen LogP contribution in [0.15, 0.2) is 53.3 Å². The van der Waals surface area contributed by atoms with Crippen molar-refractivity contribution >= 4 is 11.8 Å². The van der Waals surface area contributed by atoms with Gasteiger partial charge in [0, 0.05) is 0 Å². The summed E-state index contributed by atoms with van der Waals surface area (Å²) in [6, 6.07) is 11.1. The Morgan fingerprint density at radius 1 is 1.20 bits per heavy atom. The number of amides is 2. The van der Waals surface area contributed by atoms with Gasteiger partial charge in [-0.3, -0.25) is 9.59 Å². The van der Waals surface area contributed by atoms with E-state index in [1.807, 2.05) is 37.3 Å². The number of carbonyl (C=O) groups excluding carboxylic acids is 2. The summed E-state index contributed by atoms with van der Waals surface area (Å²) in [7, 11) is 0. The highest BCUT2D eigenvalue weighted by Gasteiger charge is 2.11. The van der Waals surface area contributed by atoms with E-state index in [0.29, 0.717) is 5.56 Å². The van der Waals surface area contributed by atoms with Crippen LogP contribution in [0.4, 0.5) is 0 Å². The number of furan rings is 1. The number of hydrogen-bond acceptors (Lipinski definition) is 3. The van der Waals surface area contributed by atoms with Crippen LogP contribution in [0.3, 0.4) is 0 Å². The summed E-state index contributed by atoms with van der Waals surface area (Å²) in [6.07, 6.45) is 2.74. The molecule has 1 aromatic carbocycles. The zero-order valence-electron chi connectivity index (χ0n) is 11.1. The second kappa shape index (κ2) is 6.56. The summed E-state index contributed by atoms with van der Waals surface area (Å²) in [5.41, 5.74) is 1.41. The highest BCUT2D eigenvalue weighted by molar-refractivity contribution is 5.96. The van der Waals surface area contributed by atoms with Crippen LogP contribution >= 0.6 is 0 Å². The van der Waals surface area contributed by atoms with E-state index < -0.39 is 0 Å². The second-order valence-electron chi connectivity index (χ2n) is 4.39. The molecule has 0 spiro atoms. The molecule has 0 saturated heterocycles. The molecule has 2 aromatic rings. The van der Waals surface area contributed by atoms with Crippen molar-refractivity contribution in [2.24, 2.45) is 0 Å². The Kier molecular flexibility index (Phi) is 4.55. The molecule has 0 aliphatic rings. The molecule has 1 aromatic heterocycles. The minimum atomic E-state index is -0.332. The molecule has 0 aliphatic heterocycles. The largest absolute Gasteiger partial charge is 0.472 e. The lowest BCUT2D eigenvalue weighted by molar-refractivity contribution is -0.120. The molecule has 0 aliphatic carbocycles. The lowest BCUT2D eigenvalue weighted by Gasteiger charge is -2.14. The Balaban J connectivity index is 1.80. The zero-order chi connectivity index (χ0) is 14.4. The molecule has 0 radical (unpaired) electrons. The molecule has 1 atom stereocenters. The first kappa shape index (κ1) is 13.9. The number of benzene rings is 1. The topological polar surface area (TPSA) is 71.3 Å². The SMILES string of the molecule is C[C@H](NC(=O)CNC(=O)c1ccoc1)c1ccccc1. The van der Waals surface area contributed by atoms with Crippen molar-refractivity contribution in [2.45, 2.75) is 13.0 Å². The Morgan fingerprint density at radius 3 is 2.60 bits per heavy atom. The molecule has 0 bridgehead atoms. The van der Waals surface area contributed by atoms with Crippen LogP contribution in [0.2, 0.25) is 0 Å². The molecule has 104 valence electrons. The molecule has 2 N–H and O–H groups in total. The van der Waals surface area contributed by atoms with Crippen LogP contribution in [0, 0.1) is 0 Å². The van der Waals surface area contributed by atoms with Crippen molar-refractivity contribution < 1.29 is 14.0 Å². The van der Waals surface area contributed by atoms with Crippen LogP contribution in [0.25, 0.3) is 0 Å². The fourth-order valence-electron chi connectivity index (χ4n) is 1.77. The lowest BCUT2D eigenvalue weighted by Crippen LogP contribution is -2.37. The van der Waals surface area contributed by atoms with Crippen LogP contribution in [-0.2, 0) is 4.79 Å². The third-order valence-electron chi connectivity index (χ3n) is 2.87. The van der Waals surface area contributed by atoms with E-state index in [1.54, 1.807) is 6.07 Å². The maximum atomic E-state index is 11.8. The summed E-state index contributed by atoms with van der Waals surface area (Å²) in [4.78, 5) is 23.4. The van der Waals surface area contributed by atoms with Crippen LogP contribution in [-0.4, -0.2) is 18.4 Å². The van der Waals surface area contributed by atoms with E-state index in [1.165, 1.54) is 12.5 Å². The van der Waals surface area contributed by atoms with Gasteiger partial charge in [-0.25, -0.2) is 0 Å². The van der Waals surface area contributed by atoms with Gasteiger partial charge in [0.1, 0.15) is 6.26 Å². The number of nitrogens with one attached hydrogen (secondary N) is 2. The quantitative estimate of drug-likeness (QED) is 0.873. The zero-order valence-corrected chi connectivity index (χ0v) is 11.1. The Labute approximate surface area is 117 Å². The molecule has 0 fully saturated rings. The summed E-state index contributed by atoms with van der Waals surface area (Å²) < 4.78 is 4.80. The maximum absolute atomic E-state index is 11.8. The number of hydrogen-bond donors (Lipinski definition) is 2. The van der Waals surface area contributed by atoms with Crippen molar-refractivity contribution in [1.82, 2.24) is 10.6 Å². The van der Waals surface area contributed by atoms with E-state index in [2.05, 4.69) is 10.6 Å². The molecule has 0 unspecified atom stereocenters. The van der Waals surface area contributed by atoms with Gasteiger partial charge < -0.3 is 15.1 Å². The van der Waals surface area contributed by atoms with Crippen LogP contribution in [0.5, 0.6) is 0 Å². The average molecular weight is 272 g/mol. The van der Waals surface area contributed by atoms with Crippen molar-refractivity contribution in [3.63, 3.8) is 0 Å². The fraction of sp³-hybridized carbons (Fsp3) is 0.200. The predicted octanol–water partition coefficient (Wildman–Crippen LogP) is 1.89. The van der Waals surface area contributed by atoms with Gasteiger partial charge in [0.2, 0.25) is 5.91 Å². The van der Waals surface area contributed by atoms with Crippen LogP contribution in [0.1, 0.15) is 28.9 Å². The molecule has 2 amide bonds. The van der Waals surface area contributed by atoms with Crippen molar-refractivity contribution in [1.29, 1.82) is 0 Å². The van der Waals surface area contributed by atoms with E-state index in [4.69, 9.17) is 4.42 Å². The molecule has 20 heavy (non-hydrogen) atoms. The molecule has 5 heteroatoms. The predicted molar refractivity (Wildman–Crippen MR) is 74.0 cm³/mol. The van der Waals surface area contributed by atoms with Crippen molar-refractivity contribution in [2.75, 3.05) is 6.54 Å². The smallest absolute Gasteiger partial charge is 0.254 e. The minimum absolute atomic E-state index is 0.0683. The first-order valence-electron chi connectivity index (χ1n) is 6.31. The van der Waals surface area contributed by atoms with Gasteiger partial charge in [-0.15, -0.1) is 0 Å². The lowest BCUT2D eigenvalue weighted by atomic mass is 10.1. The standard InChI is InChI=1S/C15H16N2O3/c1-11(12-5-3-2-4-6-12)17-14(18)9-16-15(19)13-7-8-20-10-13/h2-8,10-11H,9H2,1H3,(H,16,19)(H,17,18)/t11-/m0/s1. The normalized spacial score (nSPS) is 11.7. The molecule has 0 saturated carbocycles. The highest BCUT2D eigenvalue weighted by atomic mass is 16.3. The van der Waals surface area contributed by atoms with Gasteiger partial charge in [0.15, 0.2) is 0 Å². The third kappa shape index (κ3) is 3.71. The Morgan fingerprint density at radius 2 is 1.95 bits per heavy atom. The van der Waals surface area contributed by atoms with Crippen molar-refractivity contribution in [3.8, 4) is 0 Å². The van der Waals surface area contributed by atoms with E-state index in [9.17, 15) is 9.59 Å². The number of rotatable bonds is 5. The minimum Gasteiger partial charge on any atom is -0.472 e. The van der Waals surface area contributed by atoms with Gasteiger partial charge in [-0.05, 0) is 18.6 Å². The third-order valence-corrected chi connectivity index (χ3v) is 2.87. The van der Waals surface area contributed by atoms with Gasteiger partial charge in [0.25, 0.3) is 5.91 Å². The van der Waals surface area contributed by atoms with Gasteiger partial charge in [0.05, 0.1) is 24.4 Å². The molecule has 2 rings (SSSR count). The van der Waals surface area contributed by atoms with Gasteiger partial charge >= 0.3 is 0 Å². The molecular formula is C15H16N2O3. The van der Waals surface area contributed by atoms with E-state index >= 15 is 0 Å². The van der Waals surface area contributed by atoms with E-state index in [0.717, 1.165) is 5.56 Å². The van der Waals surface area contributed by atoms with Crippen LogP contribution < -0.4 is 10.6 Å². The Bertz CT molecular complexity index is 564. The first-order chi connectivity index (χ1) is 9.66. The Hall–Kier alpha value is -2.56. The number of carbonyl (C=O) groups is 2. The van der Waals surface area contributed by atoms with Gasteiger partial charge in [-0.1, -0.05) is 30.3 Å². The second-order valence-corrected chi connectivity index (χ2v) is 4.39. The summed E-state index contributed by atoms with van der Waals surface area (Å²) in [6.45, 7) is 1.83. The average Bonchev–Trinajstić information content (AvgIpc) is 3.00. The van der Waals surface area contributed by atoms with Crippen molar-refractivity contribution in [3.05, 3.63) is 60.1 Å². The highest BCUT2D eigenvalue weighted by Crippen LogP contribution is 2.10. The molecular weight excluding hydrogens is 256 g/mol. The molecule has 1 heterocycles. The monoisotopic (exact) mass is 272 g/mol. The summed E-state index contributed by atoms with van der Waals surface area (Å²) >= 11 is 0. The summed E-state index contributed by atoms with van der Waals surface area (Å²) in [5.74, 6) is -0.570. The first-order valence-corrected chi connectivity index (χ1v) is 6.31. The fourth-order valence-corrected chi connectivity index (χ4v) is 1.77. The molecule has 5 nitrogen and oxygen atoms in total. The van der Waals surface area contributed by atoms with E-state index in [-0.39, 0.29) is 24.4 Å². The maximum Gasteiger partial charge on any atom is 0.254 e. The summed E-state index contributed by atoms with van der Waals surface area (Å²) in [5, 5.41) is 5.35. The van der Waals surface area contributed by atoms with Gasteiger partial charge in [-0.2, -0.15) is 0 Å².